The van der Waals surface area contributed by atoms with Gasteiger partial charge in [-0.05, 0) is 5.56 Å². The molecular weight excluding hydrogens is 210 g/mol. The highest BCUT2D eigenvalue weighted by molar-refractivity contribution is 5.73. The van der Waals surface area contributed by atoms with E-state index in [-0.39, 0.29) is 13.0 Å². The molecule has 0 radical (unpaired) electrons. The molecule has 4 N–H and O–H groups in total. The first kappa shape index (κ1) is 12.6. The number of aliphatic hydroxyl groups excluding tert-OH is 1. The van der Waals surface area contributed by atoms with E-state index in [2.05, 4.69) is 0 Å². The van der Waals surface area contributed by atoms with Crippen LogP contribution in [0.3, 0.4) is 0 Å². The lowest BCUT2D eigenvalue weighted by Gasteiger charge is -2.14. The van der Waals surface area contributed by atoms with Crippen LogP contribution in [0.25, 0.3) is 0 Å². The van der Waals surface area contributed by atoms with Gasteiger partial charge in [0.1, 0.15) is 6.04 Å². The molecule has 0 aliphatic rings. The van der Waals surface area contributed by atoms with Crippen LogP contribution in [0.1, 0.15) is 12.0 Å². The number of aliphatic hydroxyl groups is 1. The Labute approximate surface area is 93.5 Å². The van der Waals surface area contributed by atoms with E-state index in [1.54, 1.807) is 0 Å². The number of carboxylic acids is 1. The van der Waals surface area contributed by atoms with Gasteiger partial charge in [-0.2, -0.15) is 0 Å². The van der Waals surface area contributed by atoms with Crippen molar-refractivity contribution in [3.63, 3.8) is 0 Å². The molecule has 0 spiro atoms. The van der Waals surface area contributed by atoms with Gasteiger partial charge in [-0.3, -0.25) is 4.79 Å². The number of aliphatic carboxylic acids is 1. The summed E-state index contributed by atoms with van der Waals surface area (Å²) in [4.78, 5) is 10.4. The van der Waals surface area contributed by atoms with E-state index >= 15 is 0 Å². The summed E-state index contributed by atoms with van der Waals surface area (Å²) in [6.07, 6.45) is -1.28. The quantitative estimate of drug-likeness (QED) is 0.606. The summed E-state index contributed by atoms with van der Waals surface area (Å²) in [5, 5.41) is 17.9. The Morgan fingerprint density at radius 2 is 2.00 bits per heavy atom. The van der Waals surface area contributed by atoms with Crippen molar-refractivity contribution >= 4 is 5.97 Å². The number of rotatable bonds is 6. The smallest absolute Gasteiger partial charge is 0.320 e. The number of hydrogen-bond donors (Lipinski definition) is 3. The maximum Gasteiger partial charge on any atom is 0.320 e. The Balaban J connectivity index is 2.30. The van der Waals surface area contributed by atoms with E-state index in [0.717, 1.165) is 5.56 Å². The van der Waals surface area contributed by atoms with Crippen LogP contribution >= 0.6 is 0 Å². The molecule has 88 valence electrons. The fourth-order valence-corrected chi connectivity index (χ4v) is 1.15. The molecule has 2 unspecified atom stereocenters. The van der Waals surface area contributed by atoms with E-state index in [0.29, 0.717) is 0 Å². The third-order valence-corrected chi connectivity index (χ3v) is 2.06. The molecule has 5 heteroatoms. The first-order chi connectivity index (χ1) is 7.59. The van der Waals surface area contributed by atoms with E-state index in [9.17, 15) is 9.90 Å². The molecular formula is C11H15NO4. The summed E-state index contributed by atoms with van der Waals surface area (Å²) in [7, 11) is 0. The van der Waals surface area contributed by atoms with Gasteiger partial charge in [0.05, 0.1) is 6.61 Å². The van der Waals surface area contributed by atoms with Crippen molar-refractivity contribution in [1.82, 2.24) is 0 Å². The molecule has 0 amide bonds. The van der Waals surface area contributed by atoms with Crippen molar-refractivity contribution in [1.29, 1.82) is 0 Å². The molecule has 2 atom stereocenters. The second-order valence-corrected chi connectivity index (χ2v) is 3.43. The predicted molar refractivity (Wildman–Crippen MR) is 57.5 cm³/mol. The second kappa shape index (κ2) is 6.22. The Kier molecular flexibility index (Phi) is 4.91. The number of ether oxygens (including phenoxy) is 1. The van der Waals surface area contributed by atoms with Crippen LogP contribution in [0.4, 0.5) is 0 Å². The molecule has 16 heavy (non-hydrogen) atoms. The van der Waals surface area contributed by atoms with Crippen LogP contribution < -0.4 is 5.73 Å². The lowest BCUT2D eigenvalue weighted by Crippen LogP contribution is -2.34. The molecule has 0 aromatic heterocycles. The van der Waals surface area contributed by atoms with Crippen LogP contribution in [0.15, 0.2) is 30.3 Å². The summed E-state index contributed by atoms with van der Waals surface area (Å²) in [6.45, 7) is 0.231. The summed E-state index contributed by atoms with van der Waals surface area (Å²) in [6, 6.07) is 8.18. The van der Waals surface area contributed by atoms with Crippen molar-refractivity contribution < 1.29 is 19.7 Å². The van der Waals surface area contributed by atoms with E-state index in [1.165, 1.54) is 0 Å². The van der Waals surface area contributed by atoms with Crippen molar-refractivity contribution in [2.45, 2.75) is 25.4 Å². The van der Waals surface area contributed by atoms with Crippen molar-refractivity contribution in [3.05, 3.63) is 35.9 Å². The number of benzene rings is 1. The molecule has 1 rings (SSSR count). The maximum absolute atomic E-state index is 10.4. The summed E-state index contributed by atoms with van der Waals surface area (Å²) in [5.41, 5.74) is 6.15. The van der Waals surface area contributed by atoms with Crippen molar-refractivity contribution in [3.8, 4) is 0 Å². The Bertz CT molecular complexity index is 328. The van der Waals surface area contributed by atoms with Gasteiger partial charge in [0.15, 0.2) is 6.29 Å². The van der Waals surface area contributed by atoms with E-state index in [1.807, 2.05) is 30.3 Å². The minimum Gasteiger partial charge on any atom is -0.480 e. The number of carbonyl (C=O) groups is 1. The van der Waals surface area contributed by atoms with E-state index < -0.39 is 18.3 Å². The first-order valence-electron chi connectivity index (χ1n) is 4.91. The van der Waals surface area contributed by atoms with Gasteiger partial charge in [-0.1, -0.05) is 30.3 Å². The third kappa shape index (κ3) is 4.39. The normalized spacial score (nSPS) is 14.4. The predicted octanol–water partition coefficient (Wildman–Crippen LogP) is 0.324. The largest absolute Gasteiger partial charge is 0.480 e. The first-order valence-corrected chi connectivity index (χ1v) is 4.91. The molecule has 1 aromatic carbocycles. The average Bonchev–Trinajstić information content (AvgIpc) is 2.27. The molecule has 0 saturated carbocycles. The maximum atomic E-state index is 10.4. The SMILES string of the molecule is NC(CC(O)OCc1ccccc1)C(=O)O. The highest BCUT2D eigenvalue weighted by atomic mass is 16.6. The van der Waals surface area contributed by atoms with Gasteiger partial charge in [-0.25, -0.2) is 0 Å². The average molecular weight is 225 g/mol. The van der Waals surface area contributed by atoms with E-state index in [4.69, 9.17) is 15.6 Å². The zero-order valence-corrected chi connectivity index (χ0v) is 8.74. The minimum atomic E-state index is -1.16. The zero-order valence-electron chi connectivity index (χ0n) is 8.74. The van der Waals surface area contributed by atoms with Gasteiger partial charge in [0.2, 0.25) is 0 Å². The fraction of sp³-hybridized carbons (Fsp3) is 0.364. The van der Waals surface area contributed by atoms with Gasteiger partial charge >= 0.3 is 5.97 Å². The van der Waals surface area contributed by atoms with Gasteiger partial charge < -0.3 is 20.7 Å². The standard InChI is InChI=1S/C11H15NO4/c12-9(11(14)15)6-10(13)16-7-8-4-2-1-3-5-8/h1-5,9-10,13H,6-7,12H2,(H,14,15). The number of nitrogens with two attached hydrogens (primary N) is 1. The summed E-state index contributed by atoms with van der Waals surface area (Å²) in [5.74, 6) is -1.15. The third-order valence-electron chi connectivity index (χ3n) is 2.06. The zero-order chi connectivity index (χ0) is 12.0. The molecule has 0 fully saturated rings. The van der Waals surface area contributed by atoms with Crippen LogP contribution in [-0.2, 0) is 16.1 Å². The van der Waals surface area contributed by atoms with Crippen LogP contribution in [-0.4, -0.2) is 28.5 Å². The molecule has 0 aliphatic carbocycles. The van der Waals surface area contributed by atoms with Gasteiger partial charge in [0.25, 0.3) is 0 Å². The Morgan fingerprint density at radius 1 is 1.38 bits per heavy atom. The molecule has 0 bridgehead atoms. The summed E-state index contributed by atoms with van der Waals surface area (Å²) < 4.78 is 5.06. The molecule has 1 aromatic rings. The highest BCUT2D eigenvalue weighted by Crippen LogP contribution is 2.05. The topological polar surface area (TPSA) is 92.8 Å². The Morgan fingerprint density at radius 3 is 2.56 bits per heavy atom. The fourth-order valence-electron chi connectivity index (χ4n) is 1.15. The highest BCUT2D eigenvalue weighted by Gasteiger charge is 2.17. The lowest BCUT2D eigenvalue weighted by molar-refractivity contribution is -0.146. The molecule has 5 nitrogen and oxygen atoms in total. The van der Waals surface area contributed by atoms with Gasteiger partial charge in [-0.15, -0.1) is 0 Å². The van der Waals surface area contributed by atoms with Crippen molar-refractivity contribution in [2.24, 2.45) is 5.73 Å². The Hall–Kier alpha value is -1.43. The second-order valence-electron chi connectivity index (χ2n) is 3.43. The van der Waals surface area contributed by atoms with Crippen LogP contribution in [0.2, 0.25) is 0 Å². The molecule has 0 saturated heterocycles. The monoisotopic (exact) mass is 225 g/mol. The molecule has 0 heterocycles. The summed E-state index contributed by atoms with van der Waals surface area (Å²) >= 11 is 0. The number of hydrogen-bond acceptors (Lipinski definition) is 4. The van der Waals surface area contributed by atoms with Crippen LogP contribution in [0.5, 0.6) is 0 Å². The number of carboxylic acid groups (broad SMARTS) is 1. The van der Waals surface area contributed by atoms with Crippen molar-refractivity contribution in [2.75, 3.05) is 0 Å². The van der Waals surface area contributed by atoms with Crippen LogP contribution in [0, 0.1) is 0 Å². The molecule has 0 aliphatic heterocycles. The lowest BCUT2D eigenvalue weighted by atomic mass is 10.2. The minimum absolute atomic E-state index is 0.123. The van der Waals surface area contributed by atoms with Gasteiger partial charge in [0, 0.05) is 6.42 Å².